The summed E-state index contributed by atoms with van der Waals surface area (Å²) in [5.74, 6) is 0.983. The van der Waals surface area contributed by atoms with E-state index in [0.29, 0.717) is 11.8 Å². The molecular weight excluding hydrogens is 408 g/mol. The number of esters is 1. The highest BCUT2D eigenvalue weighted by Crippen LogP contribution is 2.67. The zero-order chi connectivity index (χ0) is 23.4. The molecule has 3 heterocycles. The minimum Gasteiger partial charge on any atom is -0.461 e. The molecule has 0 radical (unpaired) electrons. The first-order valence-corrected chi connectivity index (χ1v) is 13.3. The Morgan fingerprint density at radius 3 is 2.42 bits per heavy atom. The van der Waals surface area contributed by atoms with Crippen molar-refractivity contribution < 1.29 is 14.3 Å². The molecule has 3 aliphatic heterocycles. The molecule has 33 heavy (non-hydrogen) atoms. The van der Waals surface area contributed by atoms with Crippen molar-refractivity contribution in [1.29, 1.82) is 0 Å². The van der Waals surface area contributed by atoms with Crippen LogP contribution in [0.3, 0.4) is 0 Å². The van der Waals surface area contributed by atoms with Crippen LogP contribution >= 0.6 is 0 Å². The van der Waals surface area contributed by atoms with E-state index in [0.717, 1.165) is 57.8 Å². The zero-order valence-corrected chi connectivity index (χ0v) is 21.3. The number of hydrogen-bond donors (Lipinski definition) is 0. The normalized spacial score (nSPS) is 45.9. The number of hydrogen-bond acceptors (Lipinski definition) is 3. The molecule has 0 amide bonds. The fraction of sp³-hybridized carbons (Fsp3) is 0.700. The van der Waals surface area contributed by atoms with Gasteiger partial charge in [0.05, 0.1) is 11.7 Å². The third-order valence-corrected chi connectivity index (χ3v) is 9.32. The van der Waals surface area contributed by atoms with Gasteiger partial charge in [-0.1, -0.05) is 54.9 Å². The lowest BCUT2D eigenvalue weighted by atomic mass is 9.56. The highest BCUT2D eigenvalue weighted by molar-refractivity contribution is 5.83. The molecule has 6 unspecified atom stereocenters. The molecule has 0 aromatic rings. The second-order valence-corrected chi connectivity index (χ2v) is 12.0. The first-order chi connectivity index (χ1) is 15.8. The van der Waals surface area contributed by atoms with Crippen molar-refractivity contribution in [3.8, 4) is 0 Å². The summed E-state index contributed by atoms with van der Waals surface area (Å²) in [5.41, 5.74) is 4.73. The van der Waals surface area contributed by atoms with Crippen molar-refractivity contribution in [1.82, 2.24) is 0 Å². The minimum absolute atomic E-state index is 0.0222. The summed E-state index contributed by atoms with van der Waals surface area (Å²) in [6.07, 6.45) is 18.5. The van der Waals surface area contributed by atoms with Crippen molar-refractivity contribution in [3.05, 3.63) is 46.6 Å². The van der Waals surface area contributed by atoms with Crippen LogP contribution < -0.4 is 0 Å². The summed E-state index contributed by atoms with van der Waals surface area (Å²) in [6.45, 7) is 11.4. The zero-order valence-electron chi connectivity index (χ0n) is 21.3. The van der Waals surface area contributed by atoms with Gasteiger partial charge in [0.1, 0.15) is 11.5 Å². The Bertz CT molecular complexity index is 934. The Balaban J connectivity index is 1.64. The van der Waals surface area contributed by atoms with E-state index in [1.807, 2.05) is 0 Å². The molecule has 1 spiro atoms. The number of allylic oxidation sites excluding steroid dienone is 5. The SMILES string of the molecule is C/C1=C\CCC2=CC3(C/C(C)=C/CC1)OC2C12CC/C=C(\C)CCC(C(C)C)C(OC1=O)C32. The van der Waals surface area contributed by atoms with Crippen LogP contribution in [0, 0.1) is 23.2 Å². The summed E-state index contributed by atoms with van der Waals surface area (Å²) in [4.78, 5) is 13.9. The van der Waals surface area contributed by atoms with E-state index in [1.165, 1.54) is 22.3 Å². The lowest BCUT2D eigenvalue weighted by Gasteiger charge is -2.41. The Kier molecular flexibility index (Phi) is 6.00. The van der Waals surface area contributed by atoms with E-state index in [2.05, 4.69) is 58.9 Å². The average molecular weight is 451 g/mol. The van der Waals surface area contributed by atoms with Crippen LogP contribution in [-0.2, 0) is 14.3 Å². The van der Waals surface area contributed by atoms with Gasteiger partial charge in [0.15, 0.2) is 0 Å². The Morgan fingerprint density at radius 1 is 0.939 bits per heavy atom. The highest BCUT2D eigenvalue weighted by Gasteiger charge is 2.76. The van der Waals surface area contributed by atoms with Crippen molar-refractivity contribution in [2.24, 2.45) is 23.2 Å². The molecule has 6 atom stereocenters. The largest absolute Gasteiger partial charge is 0.461 e. The van der Waals surface area contributed by atoms with Crippen molar-refractivity contribution >= 4 is 5.97 Å². The van der Waals surface area contributed by atoms with Gasteiger partial charge in [-0.05, 0) is 89.5 Å². The van der Waals surface area contributed by atoms with Crippen LogP contribution in [-0.4, -0.2) is 23.8 Å². The monoisotopic (exact) mass is 450 g/mol. The molecule has 3 nitrogen and oxygen atoms in total. The molecule has 5 bridgehead atoms. The van der Waals surface area contributed by atoms with E-state index >= 15 is 0 Å². The number of ether oxygens (including phenoxy) is 2. The van der Waals surface area contributed by atoms with Gasteiger partial charge in [-0.3, -0.25) is 4.79 Å². The fourth-order valence-corrected chi connectivity index (χ4v) is 7.72. The van der Waals surface area contributed by atoms with Crippen LogP contribution in [0.4, 0.5) is 0 Å². The second kappa shape index (κ2) is 8.56. The number of fused-ring (bicyclic) bond motifs is 2. The maximum atomic E-state index is 13.9. The molecule has 180 valence electrons. The Hall–Kier alpha value is -1.61. The smallest absolute Gasteiger partial charge is 0.315 e. The second-order valence-electron chi connectivity index (χ2n) is 12.0. The highest BCUT2D eigenvalue weighted by atomic mass is 16.6. The van der Waals surface area contributed by atoms with Crippen LogP contribution in [0.15, 0.2) is 46.6 Å². The van der Waals surface area contributed by atoms with Crippen LogP contribution in [0.1, 0.15) is 92.4 Å². The van der Waals surface area contributed by atoms with Gasteiger partial charge in [-0.25, -0.2) is 0 Å². The number of rotatable bonds is 1. The number of carbonyl (C=O) groups excluding carboxylic acids is 1. The van der Waals surface area contributed by atoms with Crippen LogP contribution in [0.25, 0.3) is 0 Å². The van der Waals surface area contributed by atoms with Crippen LogP contribution in [0.5, 0.6) is 0 Å². The standard InChI is InChI=1S/C30H42O3/c1-19(2)24-15-14-21(4)12-8-16-30-26(25(24)32-28(30)31)29-17-22(5)11-6-9-20(3)10-7-13-23(18-29)27(30)33-29/h10-12,18-19,24-27H,6-9,13-17H2,1-5H3/b20-10+,21-12+,22-11+. The summed E-state index contributed by atoms with van der Waals surface area (Å²) < 4.78 is 13.5. The fourth-order valence-electron chi connectivity index (χ4n) is 7.72. The van der Waals surface area contributed by atoms with Gasteiger partial charge < -0.3 is 9.47 Å². The van der Waals surface area contributed by atoms with Crippen LogP contribution in [0.2, 0.25) is 0 Å². The summed E-state index contributed by atoms with van der Waals surface area (Å²) in [6, 6.07) is 0. The van der Waals surface area contributed by atoms with Crippen molar-refractivity contribution in [2.45, 2.75) is 110 Å². The minimum atomic E-state index is -0.529. The number of carbonyl (C=O) groups is 1. The lowest BCUT2D eigenvalue weighted by Crippen LogP contribution is -2.50. The average Bonchev–Trinajstić information content (AvgIpc) is 3.33. The van der Waals surface area contributed by atoms with Gasteiger partial charge in [0, 0.05) is 12.3 Å². The lowest BCUT2D eigenvalue weighted by molar-refractivity contribution is -0.156. The molecule has 3 heteroatoms. The predicted octanol–water partition coefficient (Wildman–Crippen LogP) is 7.24. The van der Waals surface area contributed by atoms with E-state index in [-0.39, 0.29) is 24.1 Å². The molecule has 5 aliphatic rings. The van der Waals surface area contributed by atoms with Gasteiger partial charge in [-0.2, -0.15) is 0 Å². The van der Waals surface area contributed by atoms with Gasteiger partial charge in [0.2, 0.25) is 0 Å². The summed E-state index contributed by atoms with van der Waals surface area (Å²) >= 11 is 0. The molecular formula is C30H42O3. The van der Waals surface area contributed by atoms with Crippen molar-refractivity contribution in [2.75, 3.05) is 0 Å². The molecule has 0 saturated carbocycles. The quantitative estimate of drug-likeness (QED) is 0.312. The van der Waals surface area contributed by atoms with Crippen molar-refractivity contribution in [3.63, 3.8) is 0 Å². The third-order valence-electron chi connectivity index (χ3n) is 9.32. The topological polar surface area (TPSA) is 35.5 Å². The Morgan fingerprint density at radius 2 is 1.64 bits per heavy atom. The molecule has 2 aliphatic carbocycles. The predicted molar refractivity (Wildman–Crippen MR) is 133 cm³/mol. The maximum absolute atomic E-state index is 13.9. The summed E-state index contributed by atoms with van der Waals surface area (Å²) in [5, 5.41) is 0. The summed E-state index contributed by atoms with van der Waals surface area (Å²) in [7, 11) is 0. The molecule has 0 aromatic carbocycles. The van der Waals surface area contributed by atoms with E-state index in [9.17, 15) is 4.79 Å². The van der Waals surface area contributed by atoms with Gasteiger partial charge in [-0.15, -0.1) is 0 Å². The Labute approximate surface area is 200 Å². The molecule has 5 rings (SSSR count). The van der Waals surface area contributed by atoms with Gasteiger partial charge >= 0.3 is 5.97 Å². The molecule has 2 saturated heterocycles. The first-order valence-electron chi connectivity index (χ1n) is 13.3. The molecule has 2 fully saturated rings. The maximum Gasteiger partial charge on any atom is 0.315 e. The van der Waals surface area contributed by atoms with E-state index < -0.39 is 11.0 Å². The van der Waals surface area contributed by atoms with E-state index in [1.54, 1.807) is 0 Å². The molecule has 0 aromatic heterocycles. The van der Waals surface area contributed by atoms with E-state index in [4.69, 9.17) is 9.47 Å². The first kappa shape index (κ1) is 23.1. The third kappa shape index (κ3) is 3.70. The molecule has 0 N–H and O–H groups in total. The van der Waals surface area contributed by atoms with Gasteiger partial charge in [0.25, 0.3) is 0 Å².